The van der Waals surface area contributed by atoms with Gasteiger partial charge in [0, 0.05) is 11.5 Å². The van der Waals surface area contributed by atoms with Gasteiger partial charge in [-0.2, -0.15) is 0 Å². The van der Waals surface area contributed by atoms with Crippen LogP contribution in [0.1, 0.15) is 18.4 Å². The molecule has 17 heavy (non-hydrogen) atoms. The Kier molecular flexibility index (Phi) is 2.37. The number of hydrogen-bond acceptors (Lipinski definition) is 2. The number of ether oxygens (including phenoxy) is 1. The first-order chi connectivity index (χ1) is 8.25. The van der Waals surface area contributed by atoms with Crippen LogP contribution >= 0.6 is 0 Å². The van der Waals surface area contributed by atoms with E-state index in [-0.39, 0.29) is 5.92 Å². The zero-order valence-corrected chi connectivity index (χ0v) is 9.63. The van der Waals surface area contributed by atoms with Gasteiger partial charge in [-0.25, -0.2) is 0 Å². The molecule has 1 N–H and O–H groups in total. The van der Waals surface area contributed by atoms with Crippen LogP contribution in [0.4, 0.5) is 0 Å². The number of aliphatic hydroxyl groups is 1. The average molecular weight is 226 g/mol. The standard InChI is InChI=1S/C15H14O2/c1-10-13-9-12(11-5-3-2-4-6-11)7-8-14(13)17-15(10)16/h2-10,15-16H,1H3/t10-,15-/m0/s1. The van der Waals surface area contributed by atoms with E-state index in [1.807, 2.05) is 37.3 Å². The molecule has 0 radical (unpaired) electrons. The molecule has 0 aliphatic carbocycles. The lowest BCUT2D eigenvalue weighted by molar-refractivity contribution is -0.0141. The molecule has 2 nitrogen and oxygen atoms in total. The number of benzene rings is 2. The summed E-state index contributed by atoms with van der Waals surface area (Å²) in [6.07, 6.45) is -0.712. The van der Waals surface area contributed by atoms with Crippen LogP contribution in [-0.2, 0) is 0 Å². The van der Waals surface area contributed by atoms with Gasteiger partial charge in [-0.05, 0) is 23.3 Å². The molecule has 0 amide bonds. The Hall–Kier alpha value is -1.80. The van der Waals surface area contributed by atoms with Crippen molar-refractivity contribution >= 4 is 0 Å². The third-order valence-corrected chi connectivity index (χ3v) is 3.28. The van der Waals surface area contributed by atoms with Gasteiger partial charge in [0.1, 0.15) is 5.75 Å². The molecule has 0 unspecified atom stereocenters. The van der Waals surface area contributed by atoms with E-state index in [9.17, 15) is 5.11 Å². The highest BCUT2D eigenvalue weighted by Crippen LogP contribution is 2.39. The van der Waals surface area contributed by atoms with Gasteiger partial charge in [-0.3, -0.25) is 0 Å². The second kappa shape index (κ2) is 3.90. The van der Waals surface area contributed by atoms with E-state index in [0.717, 1.165) is 16.9 Å². The largest absolute Gasteiger partial charge is 0.464 e. The summed E-state index contributed by atoms with van der Waals surface area (Å²) in [6, 6.07) is 16.3. The lowest BCUT2D eigenvalue weighted by Crippen LogP contribution is -2.14. The van der Waals surface area contributed by atoms with Crippen molar-refractivity contribution in [1.29, 1.82) is 0 Å². The Bertz CT molecular complexity index is 534. The van der Waals surface area contributed by atoms with E-state index >= 15 is 0 Å². The highest BCUT2D eigenvalue weighted by Gasteiger charge is 2.29. The highest BCUT2D eigenvalue weighted by molar-refractivity contribution is 5.66. The van der Waals surface area contributed by atoms with E-state index in [1.165, 1.54) is 5.56 Å². The van der Waals surface area contributed by atoms with Gasteiger partial charge in [0.2, 0.25) is 6.29 Å². The molecule has 2 atom stereocenters. The molecule has 1 aliphatic rings. The van der Waals surface area contributed by atoms with Gasteiger partial charge in [-0.1, -0.05) is 43.3 Å². The maximum atomic E-state index is 9.66. The molecule has 1 heterocycles. The summed E-state index contributed by atoms with van der Waals surface area (Å²) < 4.78 is 5.37. The minimum Gasteiger partial charge on any atom is -0.464 e. The van der Waals surface area contributed by atoms with Gasteiger partial charge in [0.25, 0.3) is 0 Å². The van der Waals surface area contributed by atoms with Gasteiger partial charge in [0.15, 0.2) is 0 Å². The third kappa shape index (κ3) is 1.71. The van der Waals surface area contributed by atoms with Crippen LogP contribution in [0, 0.1) is 0 Å². The fourth-order valence-corrected chi connectivity index (χ4v) is 2.21. The molecule has 86 valence electrons. The summed E-state index contributed by atoms with van der Waals surface area (Å²) in [5.41, 5.74) is 3.43. The van der Waals surface area contributed by atoms with Crippen molar-refractivity contribution in [3.8, 4) is 16.9 Å². The number of hydrogen-bond donors (Lipinski definition) is 1. The van der Waals surface area contributed by atoms with Crippen molar-refractivity contribution in [2.75, 3.05) is 0 Å². The van der Waals surface area contributed by atoms with Gasteiger partial charge >= 0.3 is 0 Å². The molecule has 2 aromatic rings. The number of aliphatic hydroxyl groups excluding tert-OH is 1. The lowest BCUT2D eigenvalue weighted by atomic mass is 9.97. The van der Waals surface area contributed by atoms with Crippen LogP contribution in [0.15, 0.2) is 48.5 Å². The molecular weight excluding hydrogens is 212 g/mol. The SMILES string of the molecule is C[C@H]1c2cc(-c3ccccc3)ccc2O[C@@H]1O. The molecule has 0 saturated heterocycles. The normalized spacial score (nSPS) is 22.0. The Morgan fingerprint density at radius 2 is 1.76 bits per heavy atom. The zero-order valence-electron chi connectivity index (χ0n) is 9.63. The fraction of sp³-hybridized carbons (Fsp3) is 0.200. The van der Waals surface area contributed by atoms with E-state index < -0.39 is 6.29 Å². The molecule has 0 bridgehead atoms. The first-order valence-electron chi connectivity index (χ1n) is 5.80. The highest BCUT2D eigenvalue weighted by atomic mass is 16.6. The number of rotatable bonds is 1. The lowest BCUT2D eigenvalue weighted by Gasteiger charge is -2.06. The second-order valence-electron chi connectivity index (χ2n) is 4.42. The first kappa shape index (κ1) is 10.4. The Morgan fingerprint density at radius 3 is 2.53 bits per heavy atom. The fourth-order valence-electron chi connectivity index (χ4n) is 2.21. The molecule has 0 aromatic heterocycles. The van der Waals surface area contributed by atoms with E-state index in [0.29, 0.717) is 0 Å². The van der Waals surface area contributed by atoms with Crippen molar-refractivity contribution in [3.63, 3.8) is 0 Å². The van der Waals surface area contributed by atoms with Gasteiger partial charge in [-0.15, -0.1) is 0 Å². The maximum Gasteiger partial charge on any atom is 0.204 e. The summed E-state index contributed by atoms with van der Waals surface area (Å²) in [5, 5.41) is 9.66. The van der Waals surface area contributed by atoms with Crippen LogP contribution in [0.2, 0.25) is 0 Å². The van der Waals surface area contributed by atoms with Crippen LogP contribution < -0.4 is 4.74 Å². The quantitative estimate of drug-likeness (QED) is 0.809. The summed E-state index contributed by atoms with van der Waals surface area (Å²) >= 11 is 0. The molecule has 2 aromatic carbocycles. The minimum absolute atomic E-state index is 0.0358. The van der Waals surface area contributed by atoms with Crippen LogP contribution in [0.5, 0.6) is 5.75 Å². The average Bonchev–Trinajstić information content (AvgIpc) is 2.66. The Morgan fingerprint density at radius 1 is 1.00 bits per heavy atom. The van der Waals surface area contributed by atoms with Gasteiger partial charge < -0.3 is 9.84 Å². The van der Waals surface area contributed by atoms with E-state index in [1.54, 1.807) is 0 Å². The summed E-state index contributed by atoms with van der Waals surface area (Å²) in [6.45, 7) is 1.98. The first-order valence-corrected chi connectivity index (χ1v) is 5.80. The maximum absolute atomic E-state index is 9.66. The van der Waals surface area contributed by atoms with Crippen molar-refractivity contribution in [3.05, 3.63) is 54.1 Å². The van der Waals surface area contributed by atoms with Crippen LogP contribution in [0.3, 0.4) is 0 Å². The predicted molar refractivity (Wildman–Crippen MR) is 66.9 cm³/mol. The van der Waals surface area contributed by atoms with E-state index in [2.05, 4.69) is 18.2 Å². The van der Waals surface area contributed by atoms with Crippen molar-refractivity contribution in [2.24, 2.45) is 0 Å². The summed E-state index contributed by atoms with van der Waals surface area (Å²) in [5.74, 6) is 0.832. The van der Waals surface area contributed by atoms with Crippen LogP contribution in [0.25, 0.3) is 11.1 Å². The molecule has 1 aliphatic heterocycles. The number of fused-ring (bicyclic) bond motifs is 1. The molecular formula is C15H14O2. The minimum atomic E-state index is -0.712. The van der Waals surface area contributed by atoms with Crippen molar-refractivity contribution in [1.82, 2.24) is 0 Å². The smallest absolute Gasteiger partial charge is 0.204 e. The van der Waals surface area contributed by atoms with Crippen molar-refractivity contribution < 1.29 is 9.84 Å². The monoisotopic (exact) mass is 226 g/mol. The molecule has 0 spiro atoms. The summed E-state index contributed by atoms with van der Waals surface area (Å²) in [4.78, 5) is 0. The van der Waals surface area contributed by atoms with E-state index in [4.69, 9.17) is 4.74 Å². The molecule has 2 heteroatoms. The Labute approximate surface area is 100 Å². The summed E-state index contributed by atoms with van der Waals surface area (Å²) in [7, 11) is 0. The predicted octanol–water partition coefficient (Wildman–Crippen LogP) is 3.17. The molecule has 0 fully saturated rings. The molecule has 0 saturated carbocycles. The third-order valence-electron chi connectivity index (χ3n) is 3.28. The molecule has 3 rings (SSSR count). The van der Waals surface area contributed by atoms with Crippen molar-refractivity contribution in [2.45, 2.75) is 19.1 Å². The Balaban J connectivity index is 2.06. The second-order valence-corrected chi connectivity index (χ2v) is 4.42. The van der Waals surface area contributed by atoms with Gasteiger partial charge in [0.05, 0.1) is 0 Å². The van der Waals surface area contributed by atoms with Crippen LogP contribution in [-0.4, -0.2) is 11.4 Å². The topological polar surface area (TPSA) is 29.5 Å². The zero-order chi connectivity index (χ0) is 11.8.